The quantitative estimate of drug-likeness (QED) is 0.566. The van der Waals surface area contributed by atoms with E-state index in [0.717, 1.165) is 16.3 Å². The fourth-order valence-electron chi connectivity index (χ4n) is 4.24. The highest BCUT2D eigenvalue weighted by Crippen LogP contribution is 2.35. The molecule has 4 rings (SSSR count). The molecule has 1 heterocycles. The van der Waals surface area contributed by atoms with Crippen LogP contribution in [0.25, 0.3) is 10.8 Å². The Balaban J connectivity index is 1.73. The maximum atomic E-state index is 13.4. The van der Waals surface area contributed by atoms with Gasteiger partial charge < -0.3 is 10.1 Å². The molecule has 6 nitrogen and oxygen atoms in total. The Kier molecular flexibility index (Phi) is 6.27. The summed E-state index contributed by atoms with van der Waals surface area (Å²) in [5.74, 6) is -2.19. The fraction of sp³-hybridized carbons (Fsp3) is 0.222. The van der Waals surface area contributed by atoms with Crippen LogP contribution in [0.15, 0.2) is 78.0 Å². The summed E-state index contributed by atoms with van der Waals surface area (Å²) in [5, 5.41) is 4.80. The molecule has 3 aromatic carbocycles. The van der Waals surface area contributed by atoms with Crippen molar-refractivity contribution >= 4 is 39.9 Å². The van der Waals surface area contributed by atoms with E-state index in [1.54, 1.807) is 13.8 Å². The van der Waals surface area contributed by atoms with Crippen molar-refractivity contribution in [3.05, 3.63) is 83.6 Å². The number of aryl methyl sites for hydroxylation is 1. The number of anilines is 2. The topological polar surface area (TPSA) is 75.7 Å². The zero-order valence-corrected chi connectivity index (χ0v) is 18.9. The highest BCUT2D eigenvalue weighted by molar-refractivity contribution is 6.12. The number of hydrogen-bond acceptors (Lipinski definition) is 4. The average molecular weight is 443 g/mol. The van der Waals surface area contributed by atoms with Gasteiger partial charge in [0, 0.05) is 28.9 Å². The highest BCUT2D eigenvalue weighted by Gasteiger charge is 2.40. The summed E-state index contributed by atoms with van der Waals surface area (Å²) in [6.45, 7) is 5.53. The molecule has 0 aliphatic carbocycles. The number of benzene rings is 3. The average Bonchev–Trinajstić information content (AvgIpc) is 2.80. The van der Waals surface area contributed by atoms with Gasteiger partial charge >= 0.3 is 5.97 Å². The van der Waals surface area contributed by atoms with E-state index in [0.29, 0.717) is 17.1 Å². The van der Waals surface area contributed by atoms with Crippen LogP contribution < -0.4 is 10.2 Å². The molecule has 0 bridgehead atoms. The Morgan fingerprint density at radius 3 is 2.42 bits per heavy atom. The first kappa shape index (κ1) is 22.3. The van der Waals surface area contributed by atoms with E-state index in [2.05, 4.69) is 5.32 Å². The maximum absolute atomic E-state index is 13.4. The van der Waals surface area contributed by atoms with E-state index < -0.39 is 17.8 Å². The van der Waals surface area contributed by atoms with Crippen LogP contribution in [0.4, 0.5) is 11.4 Å². The smallest absolute Gasteiger partial charge is 0.336 e. The summed E-state index contributed by atoms with van der Waals surface area (Å²) >= 11 is 0. The number of carbonyl (C=O) groups excluding carboxylic acids is 3. The zero-order valence-electron chi connectivity index (χ0n) is 18.9. The SMILES string of the molecule is CCOC(=O)C1=C(C)N(c2ccc(C)cc2)C(=O)CC1C(=O)Nc1cccc2ccccc12. The minimum Gasteiger partial charge on any atom is -0.463 e. The Hall–Kier alpha value is -3.93. The van der Waals surface area contributed by atoms with Crippen molar-refractivity contribution < 1.29 is 19.1 Å². The second-order valence-corrected chi connectivity index (χ2v) is 8.06. The summed E-state index contributed by atoms with van der Waals surface area (Å²) < 4.78 is 5.28. The lowest BCUT2D eigenvalue weighted by atomic mass is 9.88. The number of carbonyl (C=O) groups is 3. The first-order valence-corrected chi connectivity index (χ1v) is 11.0. The van der Waals surface area contributed by atoms with Gasteiger partial charge in [0.05, 0.1) is 18.1 Å². The van der Waals surface area contributed by atoms with Crippen molar-refractivity contribution in [1.29, 1.82) is 0 Å². The summed E-state index contributed by atoms with van der Waals surface area (Å²) in [7, 11) is 0. The predicted octanol–water partition coefficient (Wildman–Crippen LogP) is 4.98. The molecule has 0 saturated carbocycles. The summed E-state index contributed by atoms with van der Waals surface area (Å²) in [6, 6.07) is 20.8. The van der Waals surface area contributed by atoms with Gasteiger partial charge in [-0.05, 0) is 44.4 Å². The van der Waals surface area contributed by atoms with Gasteiger partial charge in [0.2, 0.25) is 11.8 Å². The summed E-state index contributed by atoms with van der Waals surface area (Å²) in [5.41, 5.74) is 2.95. The number of nitrogens with zero attached hydrogens (tertiary/aromatic N) is 1. The molecule has 168 valence electrons. The lowest BCUT2D eigenvalue weighted by Crippen LogP contribution is -2.43. The Morgan fingerprint density at radius 1 is 1.00 bits per heavy atom. The predicted molar refractivity (Wildman–Crippen MR) is 129 cm³/mol. The van der Waals surface area contributed by atoms with Crippen molar-refractivity contribution in [3.8, 4) is 0 Å². The number of esters is 1. The summed E-state index contributed by atoms with van der Waals surface area (Å²) in [6.07, 6.45) is -0.129. The first-order valence-electron chi connectivity index (χ1n) is 11.0. The fourth-order valence-corrected chi connectivity index (χ4v) is 4.24. The zero-order chi connectivity index (χ0) is 23.5. The number of rotatable bonds is 5. The molecule has 1 aliphatic heterocycles. The molecule has 6 heteroatoms. The molecule has 1 N–H and O–H groups in total. The van der Waals surface area contributed by atoms with Gasteiger partial charge in [-0.2, -0.15) is 0 Å². The molecular formula is C27H26N2O4. The van der Waals surface area contributed by atoms with Crippen LogP contribution in [0.3, 0.4) is 0 Å². The van der Waals surface area contributed by atoms with Gasteiger partial charge in [-0.15, -0.1) is 0 Å². The monoisotopic (exact) mass is 442 g/mol. The molecule has 2 amide bonds. The van der Waals surface area contributed by atoms with Crippen molar-refractivity contribution in [2.45, 2.75) is 27.2 Å². The lowest BCUT2D eigenvalue weighted by molar-refractivity contribution is -0.141. The second-order valence-electron chi connectivity index (χ2n) is 8.06. The van der Waals surface area contributed by atoms with E-state index in [4.69, 9.17) is 4.74 Å². The Labute approximate surface area is 192 Å². The van der Waals surface area contributed by atoms with E-state index in [-0.39, 0.29) is 24.5 Å². The third-order valence-electron chi connectivity index (χ3n) is 5.85. The van der Waals surface area contributed by atoms with Gasteiger partial charge in [-0.3, -0.25) is 14.5 Å². The third-order valence-corrected chi connectivity index (χ3v) is 5.85. The van der Waals surface area contributed by atoms with E-state index >= 15 is 0 Å². The second kappa shape index (κ2) is 9.28. The van der Waals surface area contributed by atoms with Gasteiger partial charge in [0.25, 0.3) is 0 Å². The van der Waals surface area contributed by atoms with Crippen LogP contribution in [0.2, 0.25) is 0 Å². The molecular weight excluding hydrogens is 416 g/mol. The van der Waals surface area contributed by atoms with E-state index in [1.165, 1.54) is 4.90 Å². The lowest BCUT2D eigenvalue weighted by Gasteiger charge is -2.33. The Bertz CT molecular complexity index is 1260. The van der Waals surface area contributed by atoms with Crippen LogP contribution in [-0.2, 0) is 19.1 Å². The van der Waals surface area contributed by atoms with Gasteiger partial charge in [-0.1, -0.05) is 54.1 Å². The van der Waals surface area contributed by atoms with Crippen LogP contribution in [0.1, 0.15) is 25.8 Å². The number of nitrogens with one attached hydrogen (secondary N) is 1. The number of hydrogen-bond donors (Lipinski definition) is 1. The van der Waals surface area contributed by atoms with Gasteiger partial charge in [-0.25, -0.2) is 4.79 Å². The van der Waals surface area contributed by atoms with E-state index in [1.807, 2.05) is 73.7 Å². The third kappa shape index (κ3) is 4.37. The molecule has 0 spiro atoms. The molecule has 3 aromatic rings. The molecule has 1 aliphatic rings. The van der Waals surface area contributed by atoms with Crippen LogP contribution in [0.5, 0.6) is 0 Å². The number of fused-ring (bicyclic) bond motifs is 1. The molecule has 1 atom stereocenters. The molecule has 33 heavy (non-hydrogen) atoms. The van der Waals surface area contributed by atoms with Crippen molar-refractivity contribution in [3.63, 3.8) is 0 Å². The number of ether oxygens (including phenoxy) is 1. The first-order chi connectivity index (χ1) is 15.9. The van der Waals surface area contributed by atoms with Crippen molar-refractivity contribution in [2.24, 2.45) is 5.92 Å². The minimum atomic E-state index is -0.947. The number of amides is 2. The Morgan fingerprint density at radius 2 is 1.70 bits per heavy atom. The van der Waals surface area contributed by atoms with Crippen LogP contribution in [0, 0.1) is 12.8 Å². The molecule has 0 radical (unpaired) electrons. The molecule has 0 aromatic heterocycles. The van der Waals surface area contributed by atoms with Crippen molar-refractivity contribution in [2.75, 3.05) is 16.8 Å². The van der Waals surface area contributed by atoms with Crippen LogP contribution in [-0.4, -0.2) is 24.4 Å². The van der Waals surface area contributed by atoms with Gasteiger partial charge in [0.1, 0.15) is 0 Å². The largest absolute Gasteiger partial charge is 0.463 e. The van der Waals surface area contributed by atoms with Crippen LogP contribution >= 0.6 is 0 Å². The molecule has 1 unspecified atom stereocenters. The molecule has 0 saturated heterocycles. The minimum absolute atomic E-state index is 0.129. The van der Waals surface area contributed by atoms with E-state index in [9.17, 15) is 14.4 Å². The maximum Gasteiger partial charge on any atom is 0.336 e. The highest BCUT2D eigenvalue weighted by atomic mass is 16.5. The number of allylic oxidation sites excluding steroid dienone is 1. The van der Waals surface area contributed by atoms with Gasteiger partial charge in [0.15, 0.2) is 0 Å². The standard InChI is InChI=1S/C27H26N2O4/c1-4-33-27(32)25-18(3)29(20-14-12-17(2)13-15-20)24(30)16-22(25)26(31)28-23-11-7-9-19-8-5-6-10-21(19)23/h5-15,22H,4,16H2,1-3H3,(H,28,31). The molecule has 0 fully saturated rings. The normalized spacial score (nSPS) is 16.2. The van der Waals surface area contributed by atoms with Crippen molar-refractivity contribution in [1.82, 2.24) is 0 Å². The summed E-state index contributed by atoms with van der Waals surface area (Å²) in [4.78, 5) is 41.0.